The molecule has 0 radical (unpaired) electrons. The van der Waals surface area contributed by atoms with Crippen LogP contribution < -0.4 is 5.73 Å². The van der Waals surface area contributed by atoms with Gasteiger partial charge in [0.1, 0.15) is 0 Å². The maximum atomic E-state index is 6.20. The molecule has 1 aromatic heterocycles. The Bertz CT molecular complexity index is 618. The fourth-order valence-electron chi connectivity index (χ4n) is 1.88. The number of rotatable bonds is 2. The van der Waals surface area contributed by atoms with E-state index in [1.54, 1.807) is 16.8 Å². The molecule has 1 aromatic carbocycles. The minimum Gasteiger partial charge on any atom is -0.399 e. The third-order valence-electron chi connectivity index (χ3n) is 3.25. The molecule has 18 heavy (non-hydrogen) atoms. The summed E-state index contributed by atoms with van der Waals surface area (Å²) in [6.45, 7) is 2.11. The van der Waals surface area contributed by atoms with Gasteiger partial charge in [-0.3, -0.25) is 0 Å². The van der Waals surface area contributed by atoms with Crippen LogP contribution in [0, 0.1) is 0 Å². The third-order valence-corrected chi connectivity index (χ3v) is 4.05. The molecule has 1 fully saturated rings. The molecule has 7 heteroatoms. The molecule has 1 aliphatic carbocycles. The smallest absolute Gasteiger partial charge is 0.184 e. The maximum absolute atomic E-state index is 6.20. The van der Waals surface area contributed by atoms with Gasteiger partial charge in [0.2, 0.25) is 0 Å². The monoisotopic (exact) mass is 283 g/mol. The van der Waals surface area contributed by atoms with Gasteiger partial charge in [-0.25, -0.2) is 4.68 Å². The van der Waals surface area contributed by atoms with Gasteiger partial charge in [0.25, 0.3) is 0 Å². The van der Waals surface area contributed by atoms with Crippen LogP contribution in [0.5, 0.6) is 0 Å². The van der Waals surface area contributed by atoms with Crippen molar-refractivity contribution in [3.8, 4) is 11.4 Å². The minimum absolute atomic E-state index is 0.0146. The number of anilines is 1. The number of halogens is 2. The molecule has 5 nitrogen and oxygen atoms in total. The zero-order chi connectivity index (χ0) is 12.9. The summed E-state index contributed by atoms with van der Waals surface area (Å²) < 4.78 is 1.80. The lowest BCUT2D eigenvalue weighted by Gasteiger charge is -2.12. The highest BCUT2D eigenvalue weighted by Crippen LogP contribution is 2.45. The van der Waals surface area contributed by atoms with Crippen LogP contribution in [0.2, 0.25) is 10.0 Å². The van der Waals surface area contributed by atoms with E-state index in [1.807, 2.05) is 0 Å². The Labute approximate surface area is 114 Å². The molecule has 0 aliphatic heterocycles. The zero-order valence-electron chi connectivity index (χ0n) is 9.69. The van der Waals surface area contributed by atoms with Crippen molar-refractivity contribution in [1.29, 1.82) is 0 Å². The Hall–Kier alpha value is -1.33. The Balaban J connectivity index is 2.19. The highest BCUT2D eigenvalue weighted by atomic mass is 35.5. The van der Waals surface area contributed by atoms with Crippen LogP contribution in [0.3, 0.4) is 0 Å². The molecular formula is C11H11Cl2N5. The lowest BCUT2D eigenvalue weighted by atomic mass is 10.1. The van der Waals surface area contributed by atoms with E-state index >= 15 is 0 Å². The van der Waals surface area contributed by atoms with Crippen LogP contribution in [0.4, 0.5) is 5.69 Å². The molecule has 0 saturated heterocycles. The first-order chi connectivity index (χ1) is 8.51. The van der Waals surface area contributed by atoms with Crippen molar-refractivity contribution < 1.29 is 0 Å². The van der Waals surface area contributed by atoms with Crippen molar-refractivity contribution >= 4 is 28.9 Å². The van der Waals surface area contributed by atoms with Gasteiger partial charge in [-0.05, 0) is 42.3 Å². The van der Waals surface area contributed by atoms with Crippen molar-refractivity contribution in [3.05, 3.63) is 22.2 Å². The number of benzene rings is 1. The number of hydrogen-bond donors (Lipinski definition) is 1. The predicted molar refractivity (Wildman–Crippen MR) is 70.6 cm³/mol. The Morgan fingerprint density at radius 1 is 1.33 bits per heavy atom. The summed E-state index contributed by atoms with van der Waals surface area (Å²) in [7, 11) is 0. The average molecular weight is 284 g/mol. The summed E-state index contributed by atoms with van der Waals surface area (Å²) in [5.74, 6) is 0.606. The summed E-state index contributed by atoms with van der Waals surface area (Å²) in [6.07, 6.45) is 2.11. The van der Waals surface area contributed by atoms with Crippen molar-refractivity contribution in [2.45, 2.75) is 25.3 Å². The van der Waals surface area contributed by atoms with Crippen molar-refractivity contribution in [2.24, 2.45) is 0 Å². The normalized spacial score (nSPS) is 16.8. The van der Waals surface area contributed by atoms with E-state index in [0.29, 0.717) is 27.1 Å². The first-order valence-electron chi connectivity index (χ1n) is 5.55. The molecule has 2 N–H and O–H groups in total. The third kappa shape index (κ3) is 1.74. The fraction of sp³-hybridized carbons (Fsp3) is 0.364. The first kappa shape index (κ1) is 11.7. The molecule has 0 atom stereocenters. The van der Waals surface area contributed by atoms with Gasteiger partial charge in [-0.15, -0.1) is 5.10 Å². The molecule has 1 aliphatic rings. The van der Waals surface area contributed by atoms with Crippen LogP contribution in [0.25, 0.3) is 11.4 Å². The molecule has 0 unspecified atom stereocenters. The zero-order valence-corrected chi connectivity index (χ0v) is 11.2. The maximum Gasteiger partial charge on any atom is 0.184 e. The Morgan fingerprint density at radius 3 is 2.72 bits per heavy atom. The van der Waals surface area contributed by atoms with Gasteiger partial charge < -0.3 is 5.73 Å². The second kappa shape index (κ2) is 3.83. The fourth-order valence-corrected chi connectivity index (χ4v) is 2.31. The minimum atomic E-state index is -0.0146. The molecule has 2 aromatic rings. The number of aromatic nitrogens is 4. The number of nitrogens with two attached hydrogens (primary N) is 1. The van der Waals surface area contributed by atoms with E-state index in [-0.39, 0.29) is 5.54 Å². The topological polar surface area (TPSA) is 69.6 Å². The number of hydrogen-bond acceptors (Lipinski definition) is 4. The van der Waals surface area contributed by atoms with E-state index in [9.17, 15) is 0 Å². The van der Waals surface area contributed by atoms with E-state index in [0.717, 1.165) is 12.8 Å². The predicted octanol–water partition coefficient (Wildman–Crippen LogP) is 2.74. The molecule has 1 heterocycles. The summed E-state index contributed by atoms with van der Waals surface area (Å²) in [4.78, 5) is 0. The van der Waals surface area contributed by atoms with E-state index in [2.05, 4.69) is 22.4 Å². The summed E-state index contributed by atoms with van der Waals surface area (Å²) in [6, 6.07) is 3.35. The number of tetrazole rings is 1. The second-order valence-electron chi connectivity index (χ2n) is 4.78. The number of nitrogens with zero attached hydrogens (tertiary/aromatic N) is 4. The lowest BCUT2D eigenvalue weighted by molar-refractivity contribution is 0.463. The molecule has 1 saturated carbocycles. The average Bonchev–Trinajstić information content (AvgIpc) is 2.89. The number of nitrogen functional groups attached to an aromatic ring is 1. The highest BCUT2D eigenvalue weighted by molar-refractivity contribution is 6.43. The van der Waals surface area contributed by atoms with Gasteiger partial charge in [0.05, 0.1) is 15.6 Å². The van der Waals surface area contributed by atoms with Crippen molar-refractivity contribution in [1.82, 2.24) is 20.2 Å². The van der Waals surface area contributed by atoms with E-state index < -0.39 is 0 Å². The SMILES string of the molecule is CC1(n2nnnc2-c2cc(N)cc(Cl)c2Cl)CC1. The summed E-state index contributed by atoms with van der Waals surface area (Å²) in [5, 5.41) is 12.6. The van der Waals surface area contributed by atoms with Gasteiger partial charge in [-0.2, -0.15) is 0 Å². The van der Waals surface area contributed by atoms with Gasteiger partial charge in [0.15, 0.2) is 5.82 Å². The molecule has 3 rings (SSSR count). The molecular weight excluding hydrogens is 273 g/mol. The van der Waals surface area contributed by atoms with Crippen LogP contribution in [0.1, 0.15) is 19.8 Å². The van der Waals surface area contributed by atoms with Crippen LogP contribution >= 0.6 is 23.2 Å². The van der Waals surface area contributed by atoms with Crippen LogP contribution in [-0.2, 0) is 5.54 Å². The largest absolute Gasteiger partial charge is 0.399 e. The Kier molecular flexibility index (Phi) is 2.50. The van der Waals surface area contributed by atoms with Crippen LogP contribution in [0.15, 0.2) is 12.1 Å². The second-order valence-corrected chi connectivity index (χ2v) is 5.56. The van der Waals surface area contributed by atoms with Crippen molar-refractivity contribution in [3.63, 3.8) is 0 Å². The van der Waals surface area contributed by atoms with Gasteiger partial charge >= 0.3 is 0 Å². The van der Waals surface area contributed by atoms with Gasteiger partial charge in [0, 0.05) is 11.3 Å². The van der Waals surface area contributed by atoms with E-state index in [4.69, 9.17) is 28.9 Å². The molecule has 94 valence electrons. The summed E-state index contributed by atoms with van der Waals surface area (Å²) in [5.41, 5.74) is 6.98. The molecule has 0 amide bonds. The van der Waals surface area contributed by atoms with Gasteiger partial charge in [-0.1, -0.05) is 23.2 Å². The quantitative estimate of drug-likeness (QED) is 0.861. The standard InChI is InChI=1S/C11H11Cl2N5/c1-11(2-3-11)18-10(15-16-17-18)7-4-6(14)5-8(12)9(7)13/h4-5H,2-3,14H2,1H3. The van der Waals surface area contributed by atoms with E-state index in [1.165, 1.54) is 0 Å². The van der Waals surface area contributed by atoms with Crippen molar-refractivity contribution in [2.75, 3.05) is 5.73 Å². The first-order valence-corrected chi connectivity index (χ1v) is 6.31. The Morgan fingerprint density at radius 2 is 2.06 bits per heavy atom. The van der Waals surface area contributed by atoms with Crippen LogP contribution in [-0.4, -0.2) is 20.2 Å². The highest BCUT2D eigenvalue weighted by Gasteiger charge is 2.43. The molecule has 0 spiro atoms. The molecule has 0 bridgehead atoms. The lowest BCUT2D eigenvalue weighted by Crippen LogP contribution is -2.15. The summed E-state index contributed by atoms with van der Waals surface area (Å²) >= 11 is 12.2.